The second-order valence-electron chi connectivity index (χ2n) is 11.9. The Labute approximate surface area is 193 Å². The largest absolute Gasteiger partial charge is 0.458 e. The predicted molar refractivity (Wildman–Crippen MR) is 127 cm³/mol. The molecule has 4 bridgehead atoms. The minimum atomic E-state index is -2.06. The minimum absolute atomic E-state index is 0.0103. The molecule has 2 aliphatic heterocycles. The van der Waals surface area contributed by atoms with Gasteiger partial charge in [0.05, 0.1) is 18.6 Å². The summed E-state index contributed by atoms with van der Waals surface area (Å²) in [7, 11) is -2.06. The van der Waals surface area contributed by atoms with Crippen LogP contribution in [0.25, 0.3) is 0 Å². The average molecular weight is 459 g/mol. The smallest absolute Gasteiger partial charge is 0.313 e. The van der Waals surface area contributed by atoms with E-state index in [0.29, 0.717) is 19.4 Å². The third-order valence-corrected chi connectivity index (χ3v) is 13.2. The van der Waals surface area contributed by atoms with Crippen molar-refractivity contribution in [2.24, 2.45) is 23.7 Å². The molecule has 0 amide bonds. The first-order chi connectivity index (χ1) is 14.8. The van der Waals surface area contributed by atoms with Gasteiger partial charge in [-0.25, -0.2) is 0 Å². The summed E-state index contributed by atoms with van der Waals surface area (Å²) in [4.78, 5) is 24.8. The van der Waals surface area contributed by atoms with Crippen molar-refractivity contribution in [1.82, 2.24) is 0 Å². The van der Waals surface area contributed by atoms with Crippen LogP contribution in [0.2, 0.25) is 18.1 Å². The normalized spacial score (nSPS) is 39.1. The van der Waals surface area contributed by atoms with E-state index in [4.69, 9.17) is 13.9 Å². The first-order valence-corrected chi connectivity index (χ1v) is 14.7. The SMILES string of the molecule is C=C(C)C(CC=O)C1=C[C@@H]2C(=O)O[C@@]3(C)C[C@@H](O[Si](C)(C)C(C)(C)C)[C@@H]2[C@H]3[C@@]12C=CCO2. The molecule has 0 N–H and O–H groups in total. The third-order valence-electron chi connectivity index (χ3n) is 8.71. The molecule has 2 fully saturated rings. The molecule has 176 valence electrons. The summed E-state index contributed by atoms with van der Waals surface area (Å²) in [6.45, 7) is 19.9. The number of ether oxygens (including phenoxy) is 2. The van der Waals surface area contributed by atoms with Crippen molar-refractivity contribution in [2.75, 3.05) is 6.61 Å². The number of aldehydes is 1. The Morgan fingerprint density at radius 2 is 2.09 bits per heavy atom. The molecule has 4 aliphatic rings. The highest BCUT2D eigenvalue weighted by molar-refractivity contribution is 6.74. The third kappa shape index (κ3) is 3.33. The molecule has 2 aliphatic carbocycles. The lowest BCUT2D eigenvalue weighted by molar-refractivity contribution is -0.196. The molecular formula is C26H38O5Si. The fraction of sp³-hybridized carbons (Fsp3) is 0.692. The maximum atomic E-state index is 13.2. The number of carbonyl (C=O) groups excluding carboxylic acids is 2. The molecule has 0 aromatic rings. The standard InChI is InChI=1S/C26H38O5Si/c1-16(2)17(10-12-27)19-14-18-21-20(31-32(7,8)24(3,4)5)15-25(6,30-23(18)28)22(21)26(19)11-9-13-29-26/h9,11-12,14,17-18,20-22H,1,10,13,15H2,2-8H3/t17?,18-,20+,21+,22+,25-,26+/m0/s1. The fourth-order valence-corrected chi connectivity index (χ4v) is 7.64. The van der Waals surface area contributed by atoms with Gasteiger partial charge in [0.1, 0.15) is 17.5 Å². The molecule has 6 heteroatoms. The number of esters is 1. The highest BCUT2D eigenvalue weighted by Gasteiger charge is 2.71. The van der Waals surface area contributed by atoms with Gasteiger partial charge in [-0.1, -0.05) is 45.1 Å². The van der Waals surface area contributed by atoms with Gasteiger partial charge in [-0.2, -0.15) is 0 Å². The van der Waals surface area contributed by atoms with Crippen LogP contribution < -0.4 is 0 Å². The Hall–Kier alpha value is -1.50. The quantitative estimate of drug-likeness (QED) is 0.243. The fourth-order valence-electron chi connectivity index (χ4n) is 6.29. The van der Waals surface area contributed by atoms with Gasteiger partial charge in [0.25, 0.3) is 0 Å². The highest BCUT2D eigenvalue weighted by Crippen LogP contribution is 2.64. The van der Waals surface area contributed by atoms with E-state index in [1.165, 1.54) is 0 Å². The van der Waals surface area contributed by atoms with Gasteiger partial charge < -0.3 is 18.7 Å². The van der Waals surface area contributed by atoms with Crippen molar-refractivity contribution in [3.05, 3.63) is 36.0 Å². The van der Waals surface area contributed by atoms with Crippen molar-refractivity contribution in [2.45, 2.75) is 82.9 Å². The molecule has 1 saturated carbocycles. The molecule has 32 heavy (non-hydrogen) atoms. The maximum Gasteiger partial charge on any atom is 0.313 e. The summed E-state index contributed by atoms with van der Waals surface area (Å²) in [6.07, 6.45) is 8.10. The molecule has 5 nitrogen and oxygen atoms in total. The first-order valence-electron chi connectivity index (χ1n) is 11.8. The molecule has 2 heterocycles. The Morgan fingerprint density at radius 3 is 2.62 bits per heavy atom. The van der Waals surface area contributed by atoms with E-state index in [2.05, 4.69) is 46.5 Å². The zero-order chi connectivity index (χ0) is 23.7. The van der Waals surface area contributed by atoms with Gasteiger partial charge in [-0.3, -0.25) is 4.79 Å². The van der Waals surface area contributed by atoms with E-state index >= 15 is 0 Å². The average Bonchev–Trinajstić information content (AvgIpc) is 3.20. The Kier molecular flexibility index (Phi) is 5.55. The van der Waals surface area contributed by atoms with Crippen LogP contribution in [0.4, 0.5) is 0 Å². The first kappa shape index (κ1) is 23.6. The van der Waals surface area contributed by atoms with Crippen LogP contribution >= 0.6 is 0 Å². The van der Waals surface area contributed by atoms with Crippen molar-refractivity contribution in [1.29, 1.82) is 0 Å². The van der Waals surface area contributed by atoms with Crippen molar-refractivity contribution < 1.29 is 23.5 Å². The van der Waals surface area contributed by atoms with E-state index in [-0.39, 0.29) is 34.9 Å². The predicted octanol–water partition coefficient (Wildman–Crippen LogP) is 4.99. The summed E-state index contributed by atoms with van der Waals surface area (Å²) in [5.41, 5.74) is 0.522. The summed E-state index contributed by atoms with van der Waals surface area (Å²) in [5, 5.41) is 0.0715. The topological polar surface area (TPSA) is 61.8 Å². The van der Waals surface area contributed by atoms with Gasteiger partial charge in [0.15, 0.2) is 8.32 Å². The number of carbonyl (C=O) groups is 2. The number of rotatable bonds is 6. The van der Waals surface area contributed by atoms with Crippen LogP contribution in [0.1, 0.15) is 47.5 Å². The van der Waals surface area contributed by atoms with Crippen molar-refractivity contribution >= 4 is 20.6 Å². The van der Waals surface area contributed by atoms with Crippen LogP contribution in [-0.4, -0.2) is 44.5 Å². The molecule has 0 aromatic carbocycles. The maximum absolute atomic E-state index is 13.2. The minimum Gasteiger partial charge on any atom is -0.458 e. The van der Waals surface area contributed by atoms with Gasteiger partial charge in [0.2, 0.25) is 0 Å². The van der Waals surface area contributed by atoms with Crippen molar-refractivity contribution in [3.63, 3.8) is 0 Å². The highest BCUT2D eigenvalue weighted by atomic mass is 28.4. The Bertz CT molecular complexity index is 896. The lowest BCUT2D eigenvalue weighted by atomic mass is 9.58. The van der Waals surface area contributed by atoms with Crippen LogP contribution in [-0.2, 0) is 23.5 Å². The molecular weight excluding hydrogens is 420 g/mol. The monoisotopic (exact) mass is 458 g/mol. The second kappa shape index (κ2) is 7.50. The number of hydrogen-bond acceptors (Lipinski definition) is 5. The Balaban J connectivity index is 1.85. The summed E-state index contributed by atoms with van der Waals surface area (Å²) >= 11 is 0. The van der Waals surface area contributed by atoms with Gasteiger partial charge in [0, 0.05) is 30.6 Å². The van der Waals surface area contributed by atoms with E-state index < -0.39 is 25.4 Å². The summed E-state index contributed by atoms with van der Waals surface area (Å²) < 4.78 is 19.6. The zero-order valence-electron chi connectivity index (χ0n) is 20.6. The van der Waals surface area contributed by atoms with E-state index in [1.54, 1.807) is 0 Å². The molecule has 1 spiro atoms. The van der Waals surface area contributed by atoms with Gasteiger partial charge >= 0.3 is 5.97 Å². The summed E-state index contributed by atoms with van der Waals surface area (Å²) in [6, 6.07) is 0. The van der Waals surface area contributed by atoms with Crippen LogP contribution in [0.15, 0.2) is 36.0 Å². The van der Waals surface area contributed by atoms with Crippen LogP contribution in [0, 0.1) is 23.7 Å². The van der Waals surface area contributed by atoms with E-state index in [0.717, 1.165) is 17.4 Å². The van der Waals surface area contributed by atoms with E-state index in [9.17, 15) is 9.59 Å². The van der Waals surface area contributed by atoms with Crippen molar-refractivity contribution in [3.8, 4) is 0 Å². The number of allylic oxidation sites excluding steroid dienone is 1. The van der Waals surface area contributed by atoms with Gasteiger partial charge in [-0.15, -0.1) is 0 Å². The lowest BCUT2D eigenvalue weighted by Gasteiger charge is -2.54. The molecule has 1 unspecified atom stereocenters. The lowest BCUT2D eigenvalue weighted by Crippen LogP contribution is -2.61. The Morgan fingerprint density at radius 1 is 1.41 bits per heavy atom. The van der Waals surface area contributed by atoms with E-state index in [1.807, 2.05) is 26.0 Å². The molecule has 0 radical (unpaired) electrons. The molecule has 1 saturated heterocycles. The molecule has 0 aromatic heterocycles. The number of hydrogen-bond donors (Lipinski definition) is 0. The molecule has 4 rings (SSSR count). The van der Waals surface area contributed by atoms with Crippen LogP contribution in [0.3, 0.4) is 0 Å². The summed E-state index contributed by atoms with van der Waals surface area (Å²) in [5.74, 6) is -0.800. The van der Waals surface area contributed by atoms with Crippen LogP contribution in [0.5, 0.6) is 0 Å². The zero-order valence-corrected chi connectivity index (χ0v) is 21.6. The van der Waals surface area contributed by atoms with Gasteiger partial charge in [-0.05, 0) is 43.6 Å². The molecule has 7 atom stereocenters. The second-order valence-corrected chi connectivity index (χ2v) is 16.6.